The summed E-state index contributed by atoms with van der Waals surface area (Å²) in [6.45, 7) is 3.52. The van der Waals surface area contributed by atoms with Crippen molar-refractivity contribution in [3.05, 3.63) is 48.3 Å². The minimum atomic E-state index is 0.823. The molecule has 1 aliphatic heterocycles. The highest BCUT2D eigenvalue weighted by molar-refractivity contribution is 5.63. The van der Waals surface area contributed by atoms with Crippen LogP contribution in [0, 0.1) is 5.92 Å². The van der Waals surface area contributed by atoms with E-state index in [1.165, 1.54) is 36.2 Å². The number of rotatable bonds is 1. The lowest BCUT2D eigenvalue weighted by atomic mass is 10.0. The molecule has 0 fully saturated rings. The summed E-state index contributed by atoms with van der Waals surface area (Å²) in [4.78, 5) is 0. The highest BCUT2D eigenvalue weighted by Gasteiger charge is 2.15. The van der Waals surface area contributed by atoms with Crippen LogP contribution in [-0.4, -0.2) is 4.57 Å². The Labute approximate surface area is 96.7 Å². The molecule has 0 radical (unpaired) electrons. The molecule has 1 heteroatoms. The summed E-state index contributed by atoms with van der Waals surface area (Å²) >= 11 is 0. The van der Waals surface area contributed by atoms with E-state index in [0.717, 1.165) is 5.92 Å². The van der Waals surface area contributed by atoms with Gasteiger partial charge in [-0.25, -0.2) is 0 Å². The number of hydrogen-bond acceptors (Lipinski definition) is 0. The molecule has 0 saturated heterocycles. The van der Waals surface area contributed by atoms with Crippen molar-refractivity contribution in [2.45, 2.75) is 26.3 Å². The molecule has 3 rings (SSSR count). The van der Waals surface area contributed by atoms with Crippen LogP contribution in [0.4, 0.5) is 0 Å². The van der Waals surface area contributed by atoms with Gasteiger partial charge in [-0.15, -0.1) is 0 Å². The number of hydrogen-bond donors (Lipinski definition) is 0. The molecule has 1 aromatic heterocycles. The van der Waals surface area contributed by atoms with Gasteiger partial charge in [0.05, 0.1) is 0 Å². The first-order valence-electron chi connectivity index (χ1n) is 6.07. The summed E-state index contributed by atoms with van der Waals surface area (Å²) in [5.41, 5.74) is 4.19. The third-order valence-electron chi connectivity index (χ3n) is 3.49. The van der Waals surface area contributed by atoms with Crippen LogP contribution >= 0.6 is 0 Å². The summed E-state index contributed by atoms with van der Waals surface area (Å²) in [6, 6.07) is 13.0. The Morgan fingerprint density at radius 3 is 2.75 bits per heavy atom. The van der Waals surface area contributed by atoms with Crippen molar-refractivity contribution in [1.29, 1.82) is 0 Å². The lowest BCUT2D eigenvalue weighted by Crippen LogP contribution is -2.16. The lowest BCUT2D eigenvalue weighted by Gasteiger charge is -2.20. The fourth-order valence-electron chi connectivity index (χ4n) is 2.55. The van der Waals surface area contributed by atoms with Crippen LogP contribution in [-0.2, 0) is 13.0 Å². The van der Waals surface area contributed by atoms with Crippen molar-refractivity contribution in [2.24, 2.45) is 5.92 Å². The molecule has 0 amide bonds. The van der Waals surface area contributed by atoms with Gasteiger partial charge in [-0.1, -0.05) is 37.3 Å². The molecule has 0 bridgehead atoms. The molecule has 1 aromatic carbocycles. The average molecular weight is 211 g/mol. The van der Waals surface area contributed by atoms with Crippen molar-refractivity contribution in [2.75, 3.05) is 0 Å². The van der Waals surface area contributed by atoms with Crippen LogP contribution in [0.1, 0.15) is 19.0 Å². The van der Waals surface area contributed by atoms with Crippen molar-refractivity contribution in [3.8, 4) is 11.1 Å². The Morgan fingerprint density at radius 2 is 1.94 bits per heavy atom. The summed E-state index contributed by atoms with van der Waals surface area (Å²) in [7, 11) is 0. The van der Waals surface area contributed by atoms with Gasteiger partial charge in [0.1, 0.15) is 0 Å². The maximum absolute atomic E-state index is 2.43. The highest BCUT2D eigenvalue weighted by Crippen LogP contribution is 2.27. The van der Waals surface area contributed by atoms with E-state index in [1.54, 1.807) is 0 Å². The SMILES string of the molecule is C[C@@H]1CCc2cc(-c3ccccc3)cn2C1. The Balaban J connectivity index is 1.99. The molecule has 16 heavy (non-hydrogen) atoms. The van der Waals surface area contributed by atoms with Gasteiger partial charge < -0.3 is 4.57 Å². The quantitative estimate of drug-likeness (QED) is 0.677. The molecule has 0 spiro atoms. The minimum Gasteiger partial charge on any atom is -0.351 e. The second-order valence-electron chi connectivity index (χ2n) is 4.88. The van der Waals surface area contributed by atoms with Gasteiger partial charge in [0.2, 0.25) is 0 Å². The maximum Gasteiger partial charge on any atom is 0.0248 e. The highest BCUT2D eigenvalue weighted by atomic mass is 15.0. The van der Waals surface area contributed by atoms with Crippen LogP contribution in [0.3, 0.4) is 0 Å². The van der Waals surface area contributed by atoms with Crippen molar-refractivity contribution in [1.82, 2.24) is 4.57 Å². The van der Waals surface area contributed by atoms with Gasteiger partial charge in [-0.2, -0.15) is 0 Å². The van der Waals surface area contributed by atoms with E-state index in [-0.39, 0.29) is 0 Å². The molecule has 0 unspecified atom stereocenters. The first-order valence-corrected chi connectivity index (χ1v) is 6.07. The van der Waals surface area contributed by atoms with Gasteiger partial charge in [-0.05, 0) is 36.0 Å². The fraction of sp³-hybridized carbons (Fsp3) is 0.333. The number of nitrogens with zero attached hydrogens (tertiary/aromatic N) is 1. The molecule has 2 aromatic rings. The number of aryl methyl sites for hydroxylation is 1. The van der Waals surface area contributed by atoms with Crippen LogP contribution in [0.2, 0.25) is 0 Å². The summed E-state index contributed by atoms with van der Waals surface area (Å²) in [6.07, 6.45) is 4.87. The van der Waals surface area contributed by atoms with Crippen LogP contribution in [0.15, 0.2) is 42.6 Å². The zero-order valence-corrected chi connectivity index (χ0v) is 9.69. The summed E-state index contributed by atoms with van der Waals surface area (Å²) < 4.78 is 2.43. The van der Waals surface area contributed by atoms with E-state index in [1.807, 2.05) is 0 Å². The monoisotopic (exact) mass is 211 g/mol. The topological polar surface area (TPSA) is 4.93 Å². The van der Waals surface area contributed by atoms with Gasteiger partial charge in [0, 0.05) is 18.4 Å². The normalized spacial score (nSPS) is 19.4. The second-order valence-corrected chi connectivity index (χ2v) is 4.88. The van der Waals surface area contributed by atoms with Gasteiger partial charge >= 0.3 is 0 Å². The van der Waals surface area contributed by atoms with E-state index in [4.69, 9.17) is 0 Å². The van der Waals surface area contributed by atoms with Crippen LogP contribution in [0.25, 0.3) is 11.1 Å². The Kier molecular flexibility index (Phi) is 2.32. The molecule has 82 valence electrons. The fourth-order valence-corrected chi connectivity index (χ4v) is 2.55. The van der Waals surface area contributed by atoms with Crippen LogP contribution in [0.5, 0.6) is 0 Å². The Bertz CT molecular complexity index is 481. The van der Waals surface area contributed by atoms with E-state index in [9.17, 15) is 0 Å². The number of benzene rings is 1. The zero-order chi connectivity index (χ0) is 11.0. The lowest BCUT2D eigenvalue weighted by molar-refractivity contribution is 0.400. The maximum atomic E-state index is 2.43. The summed E-state index contributed by atoms with van der Waals surface area (Å²) in [5, 5.41) is 0. The molecule has 0 saturated carbocycles. The van der Waals surface area contributed by atoms with Gasteiger partial charge in [-0.3, -0.25) is 0 Å². The molecule has 0 N–H and O–H groups in total. The first kappa shape index (κ1) is 9.71. The predicted octanol–water partition coefficient (Wildman–Crippen LogP) is 3.74. The Morgan fingerprint density at radius 1 is 1.12 bits per heavy atom. The third-order valence-corrected chi connectivity index (χ3v) is 3.49. The van der Waals surface area contributed by atoms with E-state index < -0.39 is 0 Å². The van der Waals surface area contributed by atoms with Gasteiger partial charge in [0.25, 0.3) is 0 Å². The van der Waals surface area contributed by atoms with E-state index >= 15 is 0 Å². The molecule has 2 heterocycles. The van der Waals surface area contributed by atoms with Crippen molar-refractivity contribution in [3.63, 3.8) is 0 Å². The molecule has 0 aliphatic carbocycles. The largest absolute Gasteiger partial charge is 0.351 e. The smallest absolute Gasteiger partial charge is 0.0248 e. The number of aromatic nitrogens is 1. The summed E-state index contributed by atoms with van der Waals surface area (Å²) in [5.74, 6) is 0.823. The standard InChI is InChI=1S/C15H17N/c1-12-7-8-15-9-14(11-16(15)10-12)13-5-3-2-4-6-13/h2-6,9,11-12H,7-8,10H2,1H3/t12-/m1/s1. The first-order chi connectivity index (χ1) is 7.83. The molecule has 1 aliphatic rings. The molecular formula is C15H17N. The van der Waals surface area contributed by atoms with E-state index in [0.29, 0.717) is 0 Å². The Hall–Kier alpha value is -1.50. The average Bonchev–Trinajstić information content (AvgIpc) is 2.73. The minimum absolute atomic E-state index is 0.823. The number of fused-ring (bicyclic) bond motifs is 1. The van der Waals surface area contributed by atoms with Crippen LogP contribution < -0.4 is 0 Å². The van der Waals surface area contributed by atoms with Gasteiger partial charge in [0.15, 0.2) is 0 Å². The predicted molar refractivity (Wildman–Crippen MR) is 67.4 cm³/mol. The molecule has 1 atom stereocenters. The zero-order valence-electron chi connectivity index (χ0n) is 9.69. The third kappa shape index (κ3) is 1.67. The second kappa shape index (κ2) is 3.82. The van der Waals surface area contributed by atoms with Crippen molar-refractivity contribution < 1.29 is 0 Å². The van der Waals surface area contributed by atoms with Crippen molar-refractivity contribution >= 4 is 0 Å². The molecular weight excluding hydrogens is 194 g/mol. The van der Waals surface area contributed by atoms with E-state index in [2.05, 4.69) is 54.1 Å². The molecule has 1 nitrogen and oxygen atoms in total.